The van der Waals surface area contributed by atoms with Gasteiger partial charge in [-0.3, -0.25) is 0 Å². The largest absolute Gasteiger partial charge is 0.385 e. The lowest BCUT2D eigenvalue weighted by Gasteiger charge is -2.06. The molecule has 0 amide bonds. The highest BCUT2D eigenvalue weighted by Crippen LogP contribution is 2.09. The van der Waals surface area contributed by atoms with E-state index in [-0.39, 0.29) is 0 Å². The van der Waals surface area contributed by atoms with E-state index in [1.54, 1.807) is 0 Å². The smallest absolute Gasteiger partial charge is 0.0991 e. The van der Waals surface area contributed by atoms with Crippen LogP contribution in [-0.2, 0) is 6.42 Å². The van der Waals surface area contributed by atoms with E-state index >= 15 is 0 Å². The Kier molecular flexibility index (Phi) is 5.01. The minimum atomic E-state index is 0.703. The average Bonchev–Trinajstić information content (AvgIpc) is 2.49. The summed E-state index contributed by atoms with van der Waals surface area (Å²) in [5, 5.41) is 12.1. The Morgan fingerprint density at radius 1 is 0.895 bits per heavy atom. The summed E-state index contributed by atoms with van der Waals surface area (Å²) in [6.45, 7) is 0.971. The van der Waals surface area contributed by atoms with Crippen molar-refractivity contribution in [1.29, 1.82) is 5.26 Å². The number of benzene rings is 2. The van der Waals surface area contributed by atoms with Gasteiger partial charge in [0.25, 0.3) is 0 Å². The fourth-order valence-corrected chi connectivity index (χ4v) is 1.99. The van der Waals surface area contributed by atoms with E-state index in [1.807, 2.05) is 24.3 Å². The van der Waals surface area contributed by atoms with Crippen LogP contribution in [0.1, 0.15) is 24.0 Å². The molecule has 0 bridgehead atoms. The van der Waals surface area contributed by atoms with Crippen LogP contribution in [0.2, 0.25) is 0 Å². The number of nitrogens with zero attached hydrogens (tertiary/aromatic N) is 1. The van der Waals surface area contributed by atoms with Gasteiger partial charge in [-0.05, 0) is 49.1 Å². The molecule has 1 N–H and O–H groups in total. The second kappa shape index (κ2) is 7.23. The molecule has 2 heteroatoms. The maximum atomic E-state index is 8.71. The van der Waals surface area contributed by atoms with Crippen molar-refractivity contribution in [2.24, 2.45) is 0 Å². The molecule has 0 radical (unpaired) electrons. The first-order chi connectivity index (χ1) is 9.38. The number of hydrogen-bond donors (Lipinski definition) is 1. The van der Waals surface area contributed by atoms with Crippen LogP contribution in [0.15, 0.2) is 54.6 Å². The first kappa shape index (κ1) is 13.2. The Balaban J connectivity index is 1.65. The molecule has 2 aromatic rings. The number of hydrogen-bond acceptors (Lipinski definition) is 2. The third-order valence-electron chi connectivity index (χ3n) is 3.08. The van der Waals surface area contributed by atoms with Crippen molar-refractivity contribution in [3.8, 4) is 6.07 Å². The van der Waals surface area contributed by atoms with Crippen molar-refractivity contribution in [3.63, 3.8) is 0 Å². The van der Waals surface area contributed by atoms with Crippen LogP contribution in [0.25, 0.3) is 0 Å². The summed E-state index contributed by atoms with van der Waals surface area (Å²) in [5.74, 6) is 0. The highest BCUT2D eigenvalue weighted by atomic mass is 14.9. The number of anilines is 1. The van der Waals surface area contributed by atoms with E-state index in [4.69, 9.17) is 5.26 Å². The average molecular weight is 250 g/mol. The fraction of sp³-hybridized carbons (Fsp3) is 0.235. The first-order valence-corrected chi connectivity index (χ1v) is 6.66. The Morgan fingerprint density at radius 3 is 2.32 bits per heavy atom. The summed E-state index contributed by atoms with van der Waals surface area (Å²) in [4.78, 5) is 0. The molecule has 2 nitrogen and oxygen atoms in total. The number of unbranched alkanes of at least 4 members (excludes halogenated alkanes) is 1. The Labute approximate surface area is 114 Å². The van der Waals surface area contributed by atoms with Crippen molar-refractivity contribution >= 4 is 5.69 Å². The molecule has 0 heterocycles. The van der Waals surface area contributed by atoms with Gasteiger partial charge in [0.15, 0.2) is 0 Å². The van der Waals surface area contributed by atoms with Crippen molar-refractivity contribution in [2.75, 3.05) is 11.9 Å². The highest BCUT2D eigenvalue weighted by Gasteiger charge is 1.94. The van der Waals surface area contributed by atoms with Crippen LogP contribution in [0.3, 0.4) is 0 Å². The zero-order chi connectivity index (χ0) is 13.3. The Hall–Kier alpha value is -2.27. The summed E-state index contributed by atoms with van der Waals surface area (Å²) in [6, 6.07) is 20.3. The molecule has 0 aliphatic carbocycles. The molecular formula is C17H18N2. The lowest BCUT2D eigenvalue weighted by molar-refractivity contribution is 0.763. The first-order valence-electron chi connectivity index (χ1n) is 6.66. The summed E-state index contributed by atoms with van der Waals surface area (Å²) < 4.78 is 0. The minimum absolute atomic E-state index is 0.703. The van der Waals surface area contributed by atoms with Crippen molar-refractivity contribution in [3.05, 3.63) is 65.7 Å². The van der Waals surface area contributed by atoms with Crippen LogP contribution in [0, 0.1) is 11.3 Å². The quantitative estimate of drug-likeness (QED) is 0.787. The topological polar surface area (TPSA) is 35.8 Å². The zero-order valence-corrected chi connectivity index (χ0v) is 11.0. The number of nitriles is 1. The molecule has 0 aliphatic rings. The Bertz CT molecular complexity index is 523. The number of nitrogens with one attached hydrogen (secondary N) is 1. The molecule has 0 aromatic heterocycles. The maximum absolute atomic E-state index is 8.71. The molecule has 0 saturated heterocycles. The molecule has 0 saturated carbocycles. The lowest BCUT2D eigenvalue weighted by Crippen LogP contribution is -2.01. The van der Waals surface area contributed by atoms with E-state index < -0.39 is 0 Å². The summed E-state index contributed by atoms with van der Waals surface area (Å²) in [6.07, 6.45) is 3.47. The van der Waals surface area contributed by atoms with Gasteiger partial charge in [0.2, 0.25) is 0 Å². The van der Waals surface area contributed by atoms with E-state index in [0.717, 1.165) is 25.1 Å². The van der Waals surface area contributed by atoms with Gasteiger partial charge in [0, 0.05) is 12.2 Å². The van der Waals surface area contributed by atoms with Crippen molar-refractivity contribution in [2.45, 2.75) is 19.3 Å². The minimum Gasteiger partial charge on any atom is -0.385 e. The van der Waals surface area contributed by atoms with Crippen molar-refractivity contribution in [1.82, 2.24) is 0 Å². The summed E-state index contributed by atoms with van der Waals surface area (Å²) in [7, 11) is 0. The Morgan fingerprint density at radius 2 is 1.63 bits per heavy atom. The lowest BCUT2D eigenvalue weighted by atomic mass is 10.1. The normalized spacial score (nSPS) is 9.84. The molecular weight excluding hydrogens is 232 g/mol. The van der Waals surface area contributed by atoms with E-state index in [0.29, 0.717) is 5.56 Å². The van der Waals surface area contributed by atoms with Crippen LogP contribution < -0.4 is 5.32 Å². The molecule has 2 rings (SSSR count). The van der Waals surface area contributed by atoms with Crippen LogP contribution >= 0.6 is 0 Å². The molecule has 96 valence electrons. The molecule has 0 aliphatic heterocycles. The van der Waals surface area contributed by atoms with Gasteiger partial charge in [-0.25, -0.2) is 0 Å². The van der Waals surface area contributed by atoms with Crippen LogP contribution in [-0.4, -0.2) is 6.54 Å². The van der Waals surface area contributed by atoms with Gasteiger partial charge in [-0.15, -0.1) is 0 Å². The van der Waals surface area contributed by atoms with E-state index in [2.05, 4.69) is 41.7 Å². The number of rotatable bonds is 6. The summed E-state index contributed by atoms with van der Waals surface area (Å²) >= 11 is 0. The van der Waals surface area contributed by atoms with Crippen LogP contribution in [0.4, 0.5) is 5.69 Å². The fourth-order valence-electron chi connectivity index (χ4n) is 1.99. The monoisotopic (exact) mass is 250 g/mol. The van der Waals surface area contributed by atoms with Gasteiger partial charge in [-0.2, -0.15) is 5.26 Å². The van der Waals surface area contributed by atoms with E-state index in [9.17, 15) is 0 Å². The van der Waals surface area contributed by atoms with Gasteiger partial charge >= 0.3 is 0 Å². The molecule has 0 spiro atoms. The highest BCUT2D eigenvalue weighted by molar-refractivity contribution is 5.46. The van der Waals surface area contributed by atoms with Gasteiger partial charge in [0.05, 0.1) is 11.6 Å². The number of aryl methyl sites for hydroxylation is 1. The van der Waals surface area contributed by atoms with Gasteiger partial charge in [0.1, 0.15) is 0 Å². The van der Waals surface area contributed by atoms with Gasteiger partial charge in [-0.1, -0.05) is 30.3 Å². The molecule has 0 unspecified atom stereocenters. The molecule has 19 heavy (non-hydrogen) atoms. The third-order valence-corrected chi connectivity index (χ3v) is 3.08. The predicted molar refractivity (Wildman–Crippen MR) is 79.0 cm³/mol. The second-order valence-electron chi connectivity index (χ2n) is 4.56. The molecule has 2 aromatic carbocycles. The van der Waals surface area contributed by atoms with Crippen molar-refractivity contribution < 1.29 is 0 Å². The zero-order valence-electron chi connectivity index (χ0n) is 11.0. The second-order valence-corrected chi connectivity index (χ2v) is 4.56. The summed E-state index contributed by atoms with van der Waals surface area (Å²) in [5.41, 5.74) is 3.19. The van der Waals surface area contributed by atoms with Gasteiger partial charge < -0.3 is 5.32 Å². The molecule has 0 atom stereocenters. The predicted octanol–water partition coefficient (Wildman–Crippen LogP) is 3.99. The van der Waals surface area contributed by atoms with Crippen LogP contribution in [0.5, 0.6) is 0 Å². The molecule has 0 fully saturated rings. The third kappa shape index (κ3) is 4.48. The standard InChI is InChI=1S/C17H18N2/c18-14-16-9-11-17(12-10-16)19-13-5-4-8-15-6-2-1-3-7-15/h1-3,6-7,9-12,19H,4-5,8,13H2. The SMILES string of the molecule is N#Cc1ccc(NCCCCc2ccccc2)cc1. The maximum Gasteiger partial charge on any atom is 0.0991 e. The van der Waals surface area contributed by atoms with E-state index in [1.165, 1.54) is 12.0 Å².